The molecule has 9 nitrogen and oxygen atoms in total. The van der Waals surface area contributed by atoms with Crippen LogP contribution in [-0.2, 0) is 10.0 Å². The number of amides is 2. The summed E-state index contributed by atoms with van der Waals surface area (Å²) in [4.78, 5) is 27.8. The minimum Gasteiger partial charge on any atom is -0.493 e. The first-order valence-electron chi connectivity index (χ1n) is 11.2. The maximum Gasteiger partial charge on any atom is 0.336 e. The molecule has 0 saturated carbocycles. The molecule has 1 aromatic heterocycles. The van der Waals surface area contributed by atoms with Crippen LogP contribution in [-0.4, -0.2) is 40.1 Å². The number of aromatic hydroxyl groups is 1. The molecule has 3 aromatic carbocycles. The summed E-state index contributed by atoms with van der Waals surface area (Å²) < 4.78 is 30.4. The summed E-state index contributed by atoms with van der Waals surface area (Å²) in [5.74, 6) is -0.238. The monoisotopic (exact) mass is 490 g/mol. The van der Waals surface area contributed by atoms with Gasteiger partial charge >= 0.3 is 11.7 Å². The molecule has 2 aliphatic rings. The quantitative estimate of drug-likeness (QED) is 0.458. The van der Waals surface area contributed by atoms with E-state index in [9.17, 15) is 23.1 Å². The van der Waals surface area contributed by atoms with E-state index in [1.165, 1.54) is 26.2 Å². The first-order chi connectivity index (χ1) is 16.8. The molecule has 0 aliphatic carbocycles. The van der Waals surface area contributed by atoms with E-state index in [1.54, 1.807) is 18.2 Å². The Morgan fingerprint density at radius 2 is 1.74 bits per heavy atom. The van der Waals surface area contributed by atoms with Gasteiger partial charge in [-0.2, -0.15) is 0 Å². The van der Waals surface area contributed by atoms with Gasteiger partial charge in [0.1, 0.15) is 5.69 Å². The summed E-state index contributed by atoms with van der Waals surface area (Å²) in [6.45, 7) is 2.01. The van der Waals surface area contributed by atoms with Crippen LogP contribution in [0, 0.1) is 6.92 Å². The van der Waals surface area contributed by atoms with Crippen molar-refractivity contribution in [2.24, 2.45) is 0 Å². The molecule has 0 radical (unpaired) electrons. The largest absolute Gasteiger partial charge is 0.493 e. The van der Waals surface area contributed by atoms with Crippen LogP contribution in [0.2, 0.25) is 0 Å². The van der Waals surface area contributed by atoms with Gasteiger partial charge in [-0.25, -0.2) is 27.3 Å². The predicted molar refractivity (Wildman–Crippen MR) is 129 cm³/mol. The van der Waals surface area contributed by atoms with Gasteiger partial charge in [0.05, 0.1) is 22.7 Å². The van der Waals surface area contributed by atoms with Crippen LogP contribution in [0.5, 0.6) is 5.88 Å². The highest BCUT2D eigenvalue weighted by Gasteiger charge is 2.49. The van der Waals surface area contributed by atoms with E-state index in [-0.39, 0.29) is 29.1 Å². The van der Waals surface area contributed by atoms with Crippen LogP contribution in [0.1, 0.15) is 29.8 Å². The van der Waals surface area contributed by atoms with E-state index in [0.29, 0.717) is 17.8 Å². The molecule has 0 spiro atoms. The van der Waals surface area contributed by atoms with Gasteiger partial charge in [0.2, 0.25) is 5.88 Å². The highest BCUT2D eigenvalue weighted by molar-refractivity contribution is 7.90. The number of carbonyl (C=O) groups is 1. The molecule has 2 aliphatic heterocycles. The minimum atomic E-state index is -4.07. The van der Waals surface area contributed by atoms with Crippen LogP contribution < -0.4 is 10.4 Å². The number of urea groups is 1. The molecule has 2 atom stereocenters. The number of aryl methyl sites for hydroxylation is 1. The van der Waals surface area contributed by atoms with Crippen molar-refractivity contribution in [2.45, 2.75) is 30.3 Å². The zero-order chi connectivity index (χ0) is 24.5. The van der Waals surface area contributed by atoms with Crippen molar-refractivity contribution in [3.8, 4) is 11.6 Å². The normalized spacial score (nSPS) is 18.7. The number of hydrogen-bond acceptors (Lipinski definition) is 5. The van der Waals surface area contributed by atoms with Crippen molar-refractivity contribution in [2.75, 3.05) is 6.54 Å². The lowest BCUT2D eigenvalue weighted by molar-refractivity contribution is 0.190. The van der Waals surface area contributed by atoms with Crippen molar-refractivity contribution < 1.29 is 18.3 Å². The fourth-order valence-corrected chi connectivity index (χ4v) is 6.20. The molecule has 2 N–H and O–H groups in total. The summed E-state index contributed by atoms with van der Waals surface area (Å²) in [5, 5.41) is 12.9. The maximum atomic E-state index is 13.4. The molecular formula is C25H22N4O5S. The molecule has 1 unspecified atom stereocenters. The summed E-state index contributed by atoms with van der Waals surface area (Å²) in [6, 6.07) is 17.5. The van der Waals surface area contributed by atoms with Gasteiger partial charge in [-0.05, 0) is 36.9 Å². The minimum absolute atomic E-state index is 0.0114. The topological polar surface area (TPSA) is 114 Å². The highest BCUT2D eigenvalue weighted by Crippen LogP contribution is 2.48. The molecule has 1 fully saturated rings. The third-order valence-corrected chi connectivity index (χ3v) is 8.22. The molecule has 3 heterocycles. The number of nitrogens with zero attached hydrogens (tertiary/aromatic N) is 3. The number of likely N-dealkylation sites (tertiary alicyclic amines) is 1. The first kappa shape index (κ1) is 21.5. The van der Waals surface area contributed by atoms with Crippen LogP contribution in [0.3, 0.4) is 0 Å². The standard InChI is InChI=1S/C25H22N4O5S/c1-15-9-11-18(12-10-15)35(33,34)26-24(31)27-14-17-13-21(27)22-23(30)29(25(32)28(17)22)20-8-4-6-16-5-2-3-7-19(16)20/h2-12,17,21,30H,13-14H2,1H3,(H,26,31)/t17-,21?/m1/s1. The number of imidazole rings is 1. The molecule has 2 bridgehead atoms. The van der Waals surface area contributed by atoms with Crippen molar-refractivity contribution in [1.82, 2.24) is 18.8 Å². The number of benzene rings is 3. The number of carbonyl (C=O) groups excluding carboxylic acids is 1. The van der Waals surface area contributed by atoms with Crippen LogP contribution in [0.15, 0.2) is 76.4 Å². The first-order valence-corrected chi connectivity index (χ1v) is 12.7. The predicted octanol–water partition coefficient (Wildman–Crippen LogP) is 3.21. The molecule has 1 saturated heterocycles. The number of fused-ring (bicyclic) bond motifs is 6. The maximum absolute atomic E-state index is 13.4. The zero-order valence-electron chi connectivity index (χ0n) is 18.7. The lowest BCUT2D eigenvalue weighted by Gasteiger charge is -2.27. The highest BCUT2D eigenvalue weighted by atomic mass is 32.2. The zero-order valence-corrected chi connectivity index (χ0v) is 19.6. The fraction of sp³-hybridized carbons (Fsp3) is 0.200. The molecule has 4 aromatic rings. The van der Waals surface area contributed by atoms with Gasteiger partial charge in [0, 0.05) is 11.9 Å². The molecular weight excluding hydrogens is 468 g/mol. The van der Waals surface area contributed by atoms with E-state index in [0.717, 1.165) is 16.3 Å². The van der Waals surface area contributed by atoms with Crippen LogP contribution >= 0.6 is 0 Å². The van der Waals surface area contributed by atoms with E-state index in [1.807, 2.05) is 43.3 Å². The van der Waals surface area contributed by atoms with Gasteiger partial charge in [-0.1, -0.05) is 54.1 Å². The third-order valence-electron chi connectivity index (χ3n) is 6.88. The Morgan fingerprint density at radius 1 is 1.03 bits per heavy atom. The van der Waals surface area contributed by atoms with E-state index < -0.39 is 22.1 Å². The Balaban J connectivity index is 1.36. The molecule has 6 rings (SSSR count). The van der Waals surface area contributed by atoms with Gasteiger partial charge in [-0.15, -0.1) is 0 Å². The van der Waals surface area contributed by atoms with Crippen molar-refractivity contribution in [3.05, 3.63) is 88.5 Å². The van der Waals surface area contributed by atoms with Crippen LogP contribution in [0.4, 0.5) is 4.79 Å². The van der Waals surface area contributed by atoms with Crippen molar-refractivity contribution in [1.29, 1.82) is 0 Å². The number of aromatic nitrogens is 2. The van der Waals surface area contributed by atoms with E-state index in [2.05, 4.69) is 4.72 Å². The summed E-state index contributed by atoms with van der Waals surface area (Å²) in [6.07, 6.45) is 0.437. The Morgan fingerprint density at radius 3 is 2.51 bits per heavy atom. The second-order valence-electron chi connectivity index (χ2n) is 8.98. The fourth-order valence-electron chi connectivity index (χ4n) is 5.24. The third kappa shape index (κ3) is 3.17. The van der Waals surface area contributed by atoms with Crippen molar-refractivity contribution in [3.63, 3.8) is 0 Å². The van der Waals surface area contributed by atoms with Crippen LogP contribution in [0.25, 0.3) is 16.5 Å². The van der Waals surface area contributed by atoms with Gasteiger partial charge < -0.3 is 10.0 Å². The number of rotatable bonds is 3. The van der Waals surface area contributed by atoms with Gasteiger partial charge in [0.25, 0.3) is 10.0 Å². The Bertz CT molecular complexity index is 1670. The van der Waals surface area contributed by atoms with Gasteiger partial charge in [-0.3, -0.25) is 4.57 Å². The molecule has 2 amide bonds. The van der Waals surface area contributed by atoms with E-state index in [4.69, 9.17) is 0 Å². The summed E-state index contributed by atoms with van der Waals surface area (Å²) in [5.41, 5.74) is 1.39. The summed E-state index contributed by atoms with van der Waals surface area (Å²) >= 11 is 0. The SMILES string of the molecule is Cc1ccc(S(=O)(=O)NC(=O)N2C[C@H]3CC2c2c(O)n(-c4cccc5ccccc45)c(=O)n23)cc1. The number of sulfonamides is 1. The smallest absolute Gasteiger partial charge is 0.336 e. The number of hydrogen-bond donors (Lipinski definition) is 2. The second-order valence-corrected chi connectivity index (χ2v) is 10.7. The average molecular weight is 491 g/mol. The second kappa shape index (κ2) is 7.47. The lowest BCUT2D eigenvalue weighted by Crippen LogP contribution is -2.45. The number of nitrogens with one attached hydrogen (secondary N) is 1. The molecule has 178 valence electrons. The average Bonchev–Trinajstić information content (AvgIpc) is 3.50. The Kier molecular flexibility index (Phi) is 4.59. The Labute approximate surface area is 200 Å². The Hall–Kier alpha value is -4.05. The van der Waals surface area contributed by atoms with Crippen molar-refractivity contribution >= 4 is 26.8 Å². The molecule has 10 heteroatoms. The van der Waals surface area contributed by atoms with Gasteiger partial charge in [0.15, 0.2) is 0 Å². The summed E-state index contributed by atoms with van der Waals surface area (Å²) in [7, 11) is -4.07. The van der Waals surface area contributed by atoms with E-state index >= 15 is 0 Å². The lowest BCUT2D eigenvalue weighted by atomic mass is 10.1. The molecule has 35 heavy (non-hydrogen) atoms.